The Labute approximate surface area is 166 Å². The number of carbonyl (C=O) groups excluding carboxylic acids is 1. The molecule has 28 heavy (non-hydrogen) atoms. The number of aromatic nitrogens is 2. The van der Waals surface area contributed by atoms with Crippen molar-refractivity contribution in [2.45, 2.75) is 51.2 Å². The van der Waals surface area contributed by atoms with Gasteiger partial charge in [-0.1, -0.05) is 0 Å². The predicted octanol–water partition coefficient (Wildman–Crippen LogP) is 0.789. The monoisotopic (exact) mass is 411 g/mol. The van der Waals surface area contributed by atoms with Crippen LogP contribution in [0.1, 0.15) is 55.1 Å². The van der Waals surface area contributed by atoms with Crippen LogP contribution >= 0.6 is 0 Å². The second kappa shape index (κ2) is 7.74. The van der Waals surface area contributed by atoms with Crippen molar-refractivity contribution in [1.82, 2.24) is 23.7 Å². The van der Waals surface area contributed by atoms with Crippen molar-refractivity contribution in [2.75, 3.05) is 39.3 Å². The maximum atomic E-state index is 13.1. The van der Waals surface area contributed by atoms with Crippen LogP contribution in [0.25, 0.3) is 0 Å². The van der Waals surface area contributed by atoms with Crippen LogP contribution in [0.3, 0.4) is 0 Å². The number of hydrogen-bond donors (Lipinski definition) is 1. The predicted molar refractivity (Wildman–Crippen MR) is 103 cm³/mol. The van der Waals surface area contributed by atoms with Crippen molar-refractivity contribution in [3.8, 4) is 0 Å². The number of amides is 1. The van der Waals surface area contributed by atoms with Gasteiger partial charge in [-0.05, 0) is 33.1 Å². The smallest absolute Gasteiger partial charge is 0.281 e. The molecule has 4 heterocycles. The fraction of sp³-hybridized carbons (Fsp3) is 0.778. The minimum atomic E-state index is -3.41. The minimum Gasteiger partial charge on any atom is -0.372 e. The number of hydrogen-bond acceptors (Lipinski definition) is 5. The van der Waals surface area contributed by atoms with Crippen molar-refractivity contribution in [3.63, 3.8) is 0 Å². The van der Waals surface area contributed by atoms with Crippen LogP contribution in [-0.2, 0) is 14.9 Å². The number of morpholine rings is 1. The number of rotatable bonds is 4. The van der Waals surface area contributed by atoms with Crippen LogP contribution in [-0.4, -0.2) is 89.5 Å². The highest BCUT2D eigenvalue weighted by molar-refractivity contribution is 7.86. The summed E-state index contributed by atoms with van der Waals surface area (Å²) in [4.78, 5) is 14.9. The summed E-state index contributed by atoms with van der Waals surface area (Å²) in [7, 11) is -3.41. The first-order valence-corrected chi connectivity index (χ1v) is 11.5. The highest BCUT2D eigenvalue weighted by Gasteiger charge is 2.39. The first-order chi connectivity index (χ1) is 13.4. The second-order valence-corrected chi connectivity index (χ2v) is 10.1. The number of carbonyl (C=O) groups is 1. The lowest BCUT2D eigenvalue weighted by molar-refractivity contribution is -0.0586. The summed E-state index contributed by atoms with van der Waals surface area (Å²) in [5, 5.41) is 7.07. The Bertz CT molecular complexity index is 810. The van der Waals surface area contributed by atoms with Gasteiger partial charge in [0.2, 0.25) is 0 Å². The number of nitrogens with one attached hydrogen (secondary N) is 1. The Hall–Kier alpha value is -1.49. The summed E-state index contributed by atoms with van der Waals surface area (Å²) in [5.41, 5.74) is 1.29. The van der Waals surface area contributed by atoms with Gasteiger partial charge in [-0.25, -0.2) is 0 Å². The third kappa shape index (κ3) is 3.70. The zero-order chi connectivity index (χ0) is 19.9. The SMILES string of the molecule is C[C@@H]1CN(C(=O)c2cn[nH]c2[C@@H]2CCN(S(=O)(=O)N3CCCC3)C2)C[C@H](C)O1. The Morgan fingerprint density at radius 3 is 2.46 bits per heavy atom. The van der Waals surface area contributed by atoms with E-state index in [4.69, 9.17) is 4.74 Å². The molecule has 3 saturated heterocycles. The van der Waals surface area contributed by atoms with Gasteiger partial charge in [-0.3, -0.25) is 9.89 Å². The molecule has 1 amide bonds. The number of aromatic amines is 1. The van der Waals surface area contributed by atoms with Crippen LogP contribution in [0.5, 0.6) is 0 Å². The molecule has 1 aromatic rings. The lowest BCUT2D eigenvalue weighted by Crippen LogP contribution is -2.48. The van der Waals surface area contributed by atoms with E-state index in [2.05, 4.69) is 10.2 Å². The van der Waals surface area contributed by atoms with E-state index in [0.29, 0.717) is 51.3 Å². The quantitative estimate of drug-likeness (QED) is 0.790. The lowest BCUT2D eigenvalue weighted by Gasteiger charge is -2.35. The molecule has 0 aliphatic carbocycles. The molecule has 0 radical (unpaired) electrons. The van der Waals surface area contributed by atoms with Gasteiger partial charge in [0.25, 0.3) is 16.1 Å². The van der Waals surface area contributed by atoms with Gasteiger partial charge in [0.15, 0.2) is 0 Å². The minimum absolute atomic E-state index is 0.00405. The largest absolute Gasteiger partial charge is 0.372 e. The van der Waals surface area contributed by atoms with Crippen LogP contribution < -0.4 is 0 Å². The zero-order valence-electron chi connectivity index (χ0n) is 16.5. The number of nitrogens with zero attached hydrogens (tertiary/aromatic N) is 4. The third-order valence-electron chi connectivity index (χ3n) is 5.88. The summed E-state index contributed by atoms with van der Waals surface area (Å²) >= 11 is 0. The first kappa shape index (κ1) is 19.8. The van der Waals surface area contributed by atoms with E-state index in [-0.39, 0.29) is 24.0 Å². The van der Waals surface area contributed by atoms with Crippen molar-refractivity contribution >= 4 is 16.1 Å². The van der Waals surface area contributed by atoms with Crippen LogP contribution in [0.15, 0.2) is 6.20 Å². The Morgan fingerprint density at radius 2 is 1.79 bits per heavy atom. The van der Waals surface area contributed by atoms with E-state index in [9.17, 15) is 13.2 Å². The zero-order valence-corrected chi connectivity index (χ0v) is 17.3. The second-order valence-electron chi connectivity index (χ2n) is 8.12. The van der Waals surface area contributed by atoms with E-state index in [0.717, 1.165) is 18.5 Å². The molecule has 0 aromatic carbocycles. The summed E-state index contributed by atoms with van der Waals surface area (Å²) in [6.45, 7) is 7.09. The molecule has 1 N–H and O–H groups in total. The topological polar surface area (TPSA) is 98.8 Å². The molecular formula is C18H29N5O4S. The lowest BCUT2D eigenvalue weighted by atomic mass is 10.0. The van der Waals surface area contributed by atoms with Crippen molar-refractivity contribution in [1.29, 1.82) is 0 Å². The standard InChI is InChI=1S/C18H29N5O4S/c1-13-10-21(11-14(2)27-13)18(24)16-9-19-20-17(16)15-5-8-23(12-15)28(25,26)22-6-3-4-7-22/h9,13-15H,3-8,10-12H2,1-2H3,(H,19,20)/t13-,14+,15-/m1/s1. The van der Waals surface area contributed by atoms with Crippen LogP contribution in [0.4, 0.5) is 0 Å². The van der Waals surface area contributed by atoms with Gasteiger partial charge >= 0.3 is 0 Å². The summed E-state index contributed by atoms with van der Waals surface area (Å²) in [6.07, 6.45) is 4.09. The van der Waals surface area contributed by atoms with E-state index < -0.39 is 10.2 Å². The van der Waals surface area contributed by atoms with Crippen LogP contribution in [0, 0.1) is 0 Å². The summed E-state index contributed by atoms with van der Waals surface area (Å²) in [6, 6.07) is 0. The summed E-state index contributed by atoms with van der Waals surface area (Å²) < 4.78 is 34.5. The van der Waals surface area contributed by atoms with Gasteiger partial charge < -0.3 is 9.64 Å². The van der Waals surface area contributed by atoms with E-state index >= 15 is 0 Å². The van der Waals surface area contributed by atoms with Crippen LogP contribution in [0.2, 0.25) is 0 Å². The average Bonchev–Trinajstić information content (AvgIpc) is 3.41. The van der Waals surface area contributed by atoms with Gasteiger partial charge in [-0.15, -0.1) is 0 Å². The molecule has 3 aliphatic rings. The molecular weight excluding hydrogens is 382 g/mol. The maximum Gasteiger partial charge on any atom is 0.281 e. The fourth-order valence-electron chi connectivity index (χ4n) is 4.55. The molecule has 0 saturated carbocycles. The van der Waals surface area contributed by atoms with E-state index in [1.807, 2.05) is 13.8 Å². The molecule has 1 aromatic heterocycles. The molecule has 0 unspecified atom stereocenters. The normalized spacial score (nSPS) is 30.2. The van der Waals surface area contributed by atoms with Gasteiger partial charge in [0.1, 0.15) is 0 Å². The molecule has 3 fully saturated rings. The molecule has 156 valence electrons. The van der Waals surface area contributed by atoms with Gasteiger partial charge in [0.05, 0.1) is 29.7 Å². The Morgan fingerprint density at radius 1 is 1.11 bits per heavy atom. The average molecular weight is 412 g/mol. The molecule has 4 rings (SSSR count). The highest BCUT2D eigenvalue weighted by atomic mass is 32.2. The highest BCUT2D eigenvalue weighted by Crippen LogP contribution is 2.32. The Kier molecular flexibility index (Phi) is 5.47. The molecule has 10 heteroatoms. The van der Waals surface area contributed by atoms with Crippen molar-refractivity contribution in [2.24, 2.45) is 0 Å². The Balaban J connectivity index is 1.48. The van der Waals surface area contributed by atoms with E-state index in [1.165, 1.54) is 0 Å². The maximum absolute atomic E-state index is 13.1. The number of ether oxygens (including phenoxy) is 1. The van der Waals surface area contributed by atoms with Crippen molar-refractivity contribution < 1.29 is 17.9 Å². The molecule has 0 bridgehead atoms. The van der Waals surface area contributed by atoms with Gasteiger partial charge in [-0.2, -0.15) is 22.1 Å². The third-order valence-corrected chi connectivity index (χ3v) is 7.88. The summed E-state index contributed by atoms with van der Waals surface area (Å²) in [5.74, 6) is -0.110. The van der Waals surface area contributed by atoms with E-state index in [1.54, 1.807) is 19.7 Å². The molecule has 0 spiro atoms. The fourth-order valence-corrected chi connectivity index (χ4v) is 6.30. The van der Waals surface area contributed by atoms with Crippen molar-refractivity contribution in [3.05, 3.63) is 17.5 Å². The number of H-pyrrole nitrogens is 1. The van der Waals surface area contributed by atoms with Gasteiger partial charge in [0, 0.05) is 45.2 Å². The molecule has 3 atom stereocenters. The molecule has 3 aliphatic heterocycles. The molecule has 9 nitrogen and oxygen atoms in total. The first-order valence-electron chi connectivity index (χ1n) is 10.1.